The van der Waals surface area contributed by atoms with E-state index < -0.39 is 83.5 Å². The molecule has 7 N–H and O–H groups in total. The van der Waals surface area contributed by atoms with Crippen LogP contribution in [0.2, 0.25) is 0 Å². The summed E-state index contributed by atoms with van der Waals surface area (Å²) in [7, 11) is -8.66. The summed E-state index contributed by atoms with van der Waals surface area (Å²) in [6.07, 6.45) is -8.52. The summed E-state index contributed by atoms with van der Waals surface area (Å²) in [5, 5.41) is 22.3. The highest BCUT2D eigenvalue weighted by molar-refractivity contribution is 7.47. The number of aliphatic hydroxyl groups excluding tert-OH is 2. The normalized spacial score (nSPS) is 36.1. The Morgan fingerprint density at radius 2 is 1.56 bits per heavy atom. The lowest BCUT2D eigenvalue weighted by molar-refractivity contribution is -0.0672. The number of aromatic amines is 1. The van der Waals surface area contributed by atoms with Crippen molar-refractivity contribution in [2.75, 3.05) is 32.7 Å². The minimum atomic E-state index is -5.12. The van der Waals surface area contributed by atoms with Gasteiger partial charge in [-0.25, -0.2) is 29.1 Å². The van der Waals surface area contributed by atoms with E-state index in [1.807, 2.05) is 0 Å². The lowest BCUT2D eigenvalue weighted by Crippen LogP contribution is -2.36. The first-order valence-corrected chi connectivity index (χ1v) is 17.2. The maximum atomic E-state index is 13.3. The van der Waals surface area contributed by atoms with E-state index in [4.69, 9.17) is 38.0 Å². The van der Waals surface area contributed by atoms with Crippen LogP contribution in [-0.2, 0) is 47.9 Å². The fraction of sp³-hybridized carbons (Fsp3) is 0.565. The number of nitrogen functional groups attached to an aromatic ring is 1. The van der Waals surface area contributed by atoms with Crippen LogP contribution in [0, 0.1) is 0 Å². The van der Waals surface area contributed by atoms with Gasteiger partial charge in [0, 0.05) is 13.5 Å². The molecular weight excluding hydrogens is 688 g/mol. The van der Waals surface area contributed by atoms with E-state index in [1.54, 1.807) is 0 Å². The Bertz CT molecular complexity index is 1990. The molecule has 7 heterocycles. The molecule has 23 nitrogen and oxygen atoms in total. The molecule has 48 heavy (non-hydrogen) atoms. The number of rotatable bonds is 5. The van der Waals surface area contributed by atoms with E-state index >= 15 is 0 Å². The average molecular weight is 717 g/mol. The molecule has 25 heteroatoms. The van der Waals surface area contributed by atoms with Crippen molar-refractivity contribution in [2.24, 2.45) is 0 Å². The van der Waals surface area contributed by atoms with Crippen molar-refractivity contribution in [3.8, 4) is 0 Å². The maximum absolute atomic E-state index is 13.3. The molecule has 0 saturated carbocycles. The molecule has 0 aromatic carbocycles. The molecule has 4 aromatic heterocycles. The molecular formula is C23H29N9O14P2. The summed E-state index contributed by atoms with van der Waals surface area (Å²) in [4.78, 5) is 56.8. The highest BCUT2D eigenvalue weighted by atomic mass is 31.2. The second-order valence-electron chi connectivity index (χ2n) is 10.9. The largest absolute Gasteiger partial charge is 0.472 e. The number of phosphoric ester groups is 2. The molecule has 3 unspecified atom stereocenters. The number of nitrogens with two attached hydrogens (primary N) is 1. The molecule has 3 aliphatic rings. The molecule has 0 aliphatic carbocycles. The number of aliphatic hydroxyl groups is 2. The number of phosphoric acid groups is 2. The molecule has 2 bridgehead atoms. The molecule has 7 rings (SSSR count). The van der Waals surface area contributed by atoms with Gasteiger partial charge in [0.05, 0.1) is 38.2 Å². The molecule has 3 aliphatic heterocycles. The van der Waals surface area contributed by atoms with Crippen LogP contribution in [0.3, 0.4) is 0 Å². The van der Waals surface area contributed by atoms with Crippen LogP contribution in [0.4, 0.5) is 5.95 Å². The van der Waals surface area contributed by atoms with Gasteiger partial charge in [-0.1, -0.05) is 0 Å². The quantitative estimate of drug-likeness (QED) is 0.125. The monoisotopic (exact) mass is 717 g/mol. The van der Waals surface area contributed by atoms with Gasteiger partial charge >= 0.3 is 15.6 Å². The number of imidazole rings is 2. The van der Waals surface area contributed by atoms with Gasteiger partial charge < -0.3 is 39.9 Å². The van der Waals surface area contributed by atoms with Crippen molar-refractivity contribution >= 4 is 43.9 Å². The third-order valence-corrected chi connectivity index (χ3v) is 9.88. The molecule has 260 valence electrons. The number of hydrogen-bond acceptors (Lipinski definition) is 18. The SMILES string of the molecule is COCCc1ncnc2c1ncn2[C@@H]1OC2COP(=O)(O)O[C@@H]3[C@H](O)[C@@H](COP(=O)(O)O[C@H]2[C@H]1O)O[C@H]3n1cnc2c(=O)[nH]c(N)nc21. The van der Waals surface area contributed by atoms with Crippen molar-refractivity contribution < 1.29 is 61.4 Å². The van der Waals surface area contributed by atoms with Crippen molar-refractivity contribution in [2.45, 2.75) is 55.5 Å². The number of hydrogen-bond donors (Lipinski definition) is 6. The fourth-order valence-corrected chi connectivity index (χ4v) is 7.61. The number of fused-ring (bicyclic) bond motifs is 5. The lowest BCUT2D eigenvalue weighted by atomic mass is 10.1. The first kappa shape index (κ1) is 33.2. The van der Waals surface area contributed by atoms with Crippen LogP contribution >= 0.6 is 15.6 Å². The Kier molecular flexibility index (Phi) is 8.69. The summed E-state index contributed by atoms with van der Waals surface area (Å²) in [6, 6.07) is 0. The molecule has 3 fully saturated rings. The molecule has 10 atom stereocenters. The Morgan fingerprint density at radius 1 is 0.917 bits per heavy atom. The van der Waals surface area contributed by atoms with Crippen molar-refractivity contribution in [1.29, 1.82) is 0 Å². The minimum absolute atomic E-state index is 0.125. The summed E-state index contributed by atoms with van der Waals surface area (Å²) in [5.41, 5.74) is 5.85. The second-order valence-corrected chi connectivity index (χ2v) is 13.8. The van der Waals surface area contributed by atoms with Gasteiger partial charge in [0.15, 0.2) is 29.3 Å². The molecule has 0 radical (unpaired) electrons. The van der Waals surface area contributed by atoms with Crippen LogP contribution in [0.1, 0.15) is 18.1 Å². The zero-order chi connectivity index (χ0) is 34.0. The van der Waals surface area contributed by atoms with Gasteiger partial charge in [-0.15, -0.1) is 0 Å². The fourth-order valence-electron chi connectivity index (χ4n) is 5.71. The van der Waals surface area contributed by atoms with Gasteiger partial charge in [0.25, 0.3) is 5.56 Å². The third kappa shape index (κ3) is 6.07. The smallest absolute Gasteiger partial charge is 0.387 e. The summed E-state index contributed by atoms with van der Waals surface area (Å²) >= 11 is 0. The average Bonchev–Trinajstić information content (AvgIpc) is 3.79. The van der Waals surface area contributed by atoms with E-state index in [0.29, 0.717) is 24.2 Å². The number of anilines is 1. The van der Waals surface area contributed by atoms with Crippen LogP contribution in [0.15, 0.2) is 23.8 Å². The number of nitrogens with zero attached hydrogens (tertiary/aromatic N) is 7. The predicted molar refractivity (Wildman–Crippen MR) is 155 cm³/mol. The predicted octanol–water partition coefficient (Wildman–Crippen LogP) is -1.73. The van der Waals surface area contributed by atoms with Crippen molar-refractivity contribution in [3.05, 3.63) is 35.0 Å². The number of nitrogens with one attached hydrogen (secondary N) is 1. The van der Waals surface area contributed by atoms with E-state index in [9.17, 15) is 33.9 Å². The first-order valence-electron chi connectivity index (χ1n) is 14.2. The Morgan fingerprint density at radius 3 is 2.29 bits per heavy atom. The van der Waals surface area contributed by atoms with Crippen LogP contribution < -0.4 is 11.3 Å². The van der Waals surface area contributed by atoms with Crippen LogP contribution in [-0.4, -0.2) is 123 Å². The van der Waals surface area contributed by atoms with Gasteiger partial charge in [-0.2, -0.15) is 4.98 Å². The summed E-state index contributed by atoms with van der Waals surface area (Å²) in [5.74, 6) is -0.281. The van der Waals surface area contributed by atoms with E-state index in [2.05, 4.69) is 29.9 Å². The van der Waals surface area contributed by atoms with Crippen molar-refractivity contribution in [1.82, 2.24) is 39.0 Å². The zero-order valence-corrected chi connectivity index (χ0v) is 26.4. The van der Waals surface area contributed by atoms with Crippen LogP contribution in [0.25, 0.3) is 22.3 Å². The van der Waals surface area contributed by atoms with E-state index in [-0.39, 0.29) is 22.8 Å². The van der Waals surface area contributed by atoms with E-state index in [1.165, 1.54) is 24.3 Å². The number of methoxy groups -OCH3 is 1. The first-order chi connectivity index (χ1) is 22.9. The molecule has 3 saturated heterocycles. The maximum Gasteiger partial charge on any atom is 0.472 e. The van der Waals surface area contributed by atoms with Gasteiger partial charge in [-0.05, 0) is 0 Å². The van der Waals surface area contributed by atoms with Crippen LogP contribution in [0.5, 0.6) is 0 Å². The van der Waals surface area contributed by atoms with Gasteiger partial charge in [0.2, 0.25) is 5.95 Å². The summed E-state index contributed by atoms with van der Waals surface area (Å²) in [6.45, 7) is -1.29. The van der Waals surface area contributed by atoms with Gasteiger partial charge in [-0.3, -0.25) is 37.0 Å². The highest BCUT2D eigenvalue weighted by Crippen LogP contribution is 2.53. The standard InChI is InChI=1S/C23H29N9O14P2/c1-40-3-2-9-12-18(26-6-25-9)31(7-27-12)21-15(34)16-11(44-21)5-42-48(38,39)46-17-14(33)10(4-41-47(36,37)45-16)43-22(17)32-8-28-13-19(32)29-23(24)30-20(13)35/h6-8,10-11,14-17,21-22,33-34H,2-5H2,1H3,(H,36,37)(H,38,39)(H3,24,29,30,35)/t10-,11?,14-,15-,16-,17-,21-,22-/m1/s1. The molecule has 0 spiro atoms. The van der Waals surface area contributed by atoms with E-state index in [0.717, 1.165) is 10.9 Å². The summed E-state index contributed by atoms with van der Waals surface area (Å²) < 4.78 is 66.8. The number of H-pyrrole nitrogens is 1. The Balaban J connectivity index is 1.19. The minimum Gasteiger partial charge on any atom is -0.387 e. The Hall–Kier alpha value is -3.28. The second kappa shape index (κ2) is 12.6. The third-order valence-electron chi connectivity index (χ3n) is 7.91. The number of aromatic nitrogens is 8. The number of ether oxygens (including phenoxy) is 3. The molecule has 0 amide bonds. The zero-order valence-electron chi connectivity index (χ0n) is 24.7. The molecule has 4 aromatic rings. The van der Waals surface area contributed by atoms with Gasteiger partial charge in [0.1, 0.15) is 48.5 Å². The highest BCUT2D eigenvalue weighted by Gasteiger charge is 2.54. The lowest BCUT2D eigenvalue weighted by Gasteiger charge is -2.25. The topological polar surface area (TPSA) is 313 Å². The van der Waals surface area contributed by atoms with Crippen molar-refractivity contribution in [3.63, 3.8) is 0 Å². The Labute approximate surface area is 267 Å².